The van der Waals surface area contributed by atoms with Crippen LogP contribution in [0.1, 0.15) is 11.6 Å². The van der Waals surface area contributed by atoms with Gasteiger partial charge in [0.1, 0.15) is 5.75 Å². The van der Waals surface area contributed by atoms with Gasteiger partial charge >= 0.3 is 6.36 Å². The van der Waals surface area contributed by atoms with E-state index in [1.165, 1.54) is 12.1 Å². The summed E-state index contributed by atoms with van der Waals surface area (Å²) in [6.07, 6.45) is -4.72. The quantitative estimate of drug-likeness (QED) is 0.893. The third-order valence-corrected chi connectivity index (χ3v) is 2.27. The third kappa shape index (κ3) is 5.58. The van der Waals surface area contributed by atoms with E-state index in [1.807, 2.05) is 0 Å². The summed E-state index contributed by atoms with van der Waals surface area (Å²) in [5, 5.41) is 0. The van der Waals surface area contributed by atoms with Crippen molar-refractivity contribution in [2.24, 2.45) is 11.5 Å². The number of nitrogens with two attached hydrogens (primary N) is 2. The molecule has 0 bridgehead atoms. The fourth-order valence-electron chi connectivity index (χ4n) is 1.13. The second-order valence-corrected chi connectivity index (χ2v) is 4.03. The monoisotopic (exact) mass is 334 g/mol. The summed E-state index contributed by atoms with van der Waals surface area (Å²) in [4.78, 5) is 0. The van der Waals surface area contributed by atoms with Crippen molar-refractivity contribution in [2.45, 2.75) is 12.4 Å². The van der Waals surface area contributed by atoms with E-state index in [1.54, 1.807) is 6.07 Å². The minimum atomic E-state index is -4.72. The summed E-state index contributed by atoms with van der Waals surface area (Å²) < 4.78 is 40.2. The highest BCUT2D eigenvalue weighted by Crippen LogP contribution is 2.28. The Bertz CT molecular complexity index is 376. The van der Waals surface area contributed by atoms with Gasteiger partial charge in [-0.1, -0.05) is 15.9 Å². The SMILES string of the molecule is Cl.NC[C@@H](N)c1cc(Br)cc(OC(F)(F)F)c1. The minimum absolute atomic E-state index is 0. The Labute approximate surface area is 111 Å². The van der Waals surface area contributed by atoms with Crippen LogP contribution >= 0.6 is 28.3 Å². The smallest absolute Gasteiger partial charge is 0.406 e. The van der Waals surface area contributed by atoms with Crippen molar-refractivity contribution in [2.75, 3.05) is 6.54 Å². The van der Waals surface area contributed by atoms with E-state index < -0.39 is 12.4 Å². The molecule has 0 saturated carbocycles. The van der Waals surface area contributed by atoms with E-state index in [9.17, 15) is 13.2 Å². The average molecular weight is 336 g/mol. The fourth-order valence-corrected chi connectivity index (χ4v) is 1.62. The zero-order chi connectivity index (χ0) is 12.3. The van der Waals surface area contributed by atoms with Gasteiger partial charge in [0.2, 0.25) is 0 Å². The Hall–Kier alpha value is -0.500. The molecule has 1 aromatic rings. The number of ether oxygens (including phenoxy) is 1. The highest BCUT2D eigenvalue weighted by atomic mass is 79.9. The molecule has 0 aliphatic rings. The molecular formula is C9H11BrClF3N2O. The van der Waals surface area contributed by atoms with E-state index in [2.05, 4.69) is 20.7 Å². The van der Waals surface area contributed by atoms with Crippen molar-refractivity contribution < 1.29 is 17.9 Å². The van der Waals surface area contributed by atoms with Crippen LogP contribution < -0.4 is 16.2 Å². The van der Waals surface area contributed by atoms with Crippen LogP contribution in [0, 0.1) is 0 Å². The van der Waals surface area contributed by atoms with Crippen molar-refractivity contribution in [3.63, 3.8) is 0 Å². The normalized spacial score (nSPS) is 12.8. The highest BCUT2D eigenvalue weighted by molar-refractivity contribution is 9.10. The first-order chi connectivity index (χ1) is 7.31. The van der Waals surface area contributed by atoms with Crippen LogP contribution in [-0.4, -0.2) is 12.9 Å². The molecule has 0 unspecified atom stereocenters. The first-order valence-electron chi connectivity index (χ1n) is 4.33. The van der Waals surface area contributed by atoms with Crippen LogP contribution in [0.15, 0.2) is 22.7 Å². The molecule has 1 atom stereocenters. The molecule has 0 aliphatic carbocycles. The van der Waals surface area contributed by atoms with Gasteiger partial charge in [0, 0.05) is 17.1 Å². The van der Waals surface area contributed by atoms with Gasteiger partial charge in [-0.15, -0.1) is 25.6 Å². The molecule has 4 N–H and O–H groups in total. The van der Waals surface area contributed by atoms with Gasteiger partial charge in [0.05, 0.1) is 0 Å². The van der Waals surface area contributed by atoms with Gasteiger partial charge < -0.3 is 16.2 Å². The van der Waals surface area contributed by atoms with Crippen molar-refractivity contribution in [3.8, 4) is 5.75 Å². The summed E-state index contributed by atoms with van der Waals surface area (Å²) in [7, 11) is 0. The van der Waals surface area contributed by atoms with Crippen molar-refractivity contribution in [1.82, 2.24) is 0 Å². The first kappa shape index (κ1) is 16.5. The summed E-state index contributed by atoms with van der Waals surface area (Å²) in [5.41, 5.74) is 11.4. The number of hydrogen-bond acceptors (Lipinski definition) is 3. The molecule has 0 heterocycles. The number of alkyl halides is 3. The van der Waals surface area contributed by atoms with E-state index in [4.69, 9.17) is 11.5 Å². The predicted octanol–water partition coefficient (Wildman–Crippen LogP) is 2.73. The zero-order valence-corrected chi connectivity index (χ0v) is 10.9. The van der Waals surface area contributed by atoms with Gasteiger partial charge in [0.15, 0.2) is 0 Å². The first-order valence-corrected chi connectivity index (χ1v) is 5.13. The molecule has 0 spiro atoms. The fraction of sp³-hybridized carbons (Fsp3) is 0.333. The number of halogens is 5. The second kappa shape index (κ2) is 6.44. The van der Waals surface area contributed by atoms with Crippen molar-refractivity contribution in [1.29, 1.82) is 0 Å². The largest absolute Gasteiger partial charge is 0.573 e. The van der Waals surface area contributed by atoms with Crippen LogP contribution in [0.2, 0.25) is 0 Å². The number of benzene rings is 1. The number of rotatable bonds is 3. The Morgan fingerprint density at radius 1 is 1.29 bits per heavy atom. The molecule has 3 nitrogen and oxygen atoms in total. The van der Waals surface area contributed by atoms with Crippen LogP contribution in [0.5, 0.6) is 5.75 Å². The van der Waals surface area contributed by atoms with Crippen LogP contribution in [0.25, 0.3) is 0 Å². The standard InChI is InChI=1S/C9H10BrF3N2O.ClH/c10-6-1-5(8(15)4-14)2-7(3-6)16-9(11,12)13;/h1-3,8H,4,14-15H2;1H/t8-;/m1./s1. The molecular weight excluding hydrogens is 324 g/mol. The Morgan fingerprint density at radius 3 is 2.35 bits per heavy atom. The maximum absolute atomic E-state index is 12.0. The third-order valence-electron chi connectivity index (χ3n) is 1.81. The topological polar surface area (TPSA) is 61.3 Å². The van der Waals surface area contributed by atoms with E-state index >= 15 is 0 Å². The molecule has 1 aromatic carbocycles. The van der Waals surface area contributed by atoms with Crippen LogP contribution in [-0.2, 0) is 0 Å². The average Bonchev–Trinajstić information content (AvgIpc) is 2.12. The Kier molecular flexibility index (Phi) is 6.25. The molecule has 1 rings (SSSR count). The second-order valence-electron chi connectivity index (χ2n) is 3.11. The van der Waals surface area contributed by atoms with Gasteiger partial charge in [-0.05, 0) is 23.8 Å². The summed E-state index contributed by atoms with van der Waals surface area (Å²) in [5.74, 6) is -0.319. The van der Waals surface area contributed by atoms with Crippen LogP contribution in [0.4, 0.5) is 13.2 Å². The van der Waals surface area contributed by atoms with E-state index in [0.717, 1.165) is 0 Å². The lowest BCUT2D eigenvalue weighted by Crippen LogP contribution is -2.21. The lowest BCUT2D eigenvalue weighted by Gasteiger charge is -2.13. The zero-order valence-electron chi connectivity index (χ0n) is 8.50. The molecule has 0 saturated heterocycles. The summed E-state index contributed by atoms with van der Waals surface area (Å²) >= 11 is 3.07. The lowest BCUT2D eigenvalue weighted by molar-refractivity contribution is -0.274. The summed E-state index contributed by atoms with van der Waals surface area (Å²) in [6.45, 7) is 0.141. The van der Waals surface area contributed by atoms with Gasteiger partial charge in [-0.2, -0.15) is 0 Å². The molecule has 98 valence electrons. The molecule has 0 aliphatic heterocycles. The maximum atomic E-state index is 12.0. The Morgan fingerprint density at radius 2 is 1.88 bits per heavy atom. The molecule has 8 heteroatoms. The highest BCUT2D eigenvalue weighted by Gasteiger charge is 2.31. The molecule has 0 radical (unpaired) electrons. The van der Waals surface area contributed by atoms with E-state index in [0.29, 0.717) is 10.0 Å². The molecule has 0 aromatic heterocycles. The van der Waals surface area contributed by atoms with Crippen LogP contribution in [0.3, 0.4) is 0 Å². The summed E-state index contributed by atoms with van der Waals surface area (Å²) in [6, 6.07) is 3.50. The lowest BCUT2D eigenvalue weighted by atomic mass is 10.1. The minimum Gasteiger partial charge on any atom is -0.406 e. The van der Waals surface area contributed by atoms with Crippen molar-refractivity contribution in [3.05, 3.63) is 28.2 Å². The van der Waals surface area contributed by atoms with Crippen molar-refractivity contribution >= 4 is 28.3 Å². The van der Waals surface area contributed by atoms with Gasteiger partial charge in [0.25, 0.3) is 0 Å². The van der Waals surface area contributed by atoms with E-state index in [-0.39, 0.29) is 24.7 Å². The van der Waals surface area contributed by atoms with Gasteiger partial charge in [-0.25, -0.2) is 0 Å². The maximum Gasteiger partial charge on any atom is 0.573 e. The number of hydrogen-bond donors (Lipinski definition) is 2. The van der Waals surface area contributed by atoms with Gasteiger partial charge in [-0.3, -0.25) is 0 Å². The Balaban J connectivity index is 0.00000256. The molecule has 0 fully saturated rings. The predicted molar refractivity (Wildman–Crippen MR) is 64.1 cm³/mol. The molecule has 17 heavy (non-hydrogen) atoms. The molecule has 0 amide bonds.